The summed E-state index contributed by atoms with van der Waals surface area (Å²) in [6.07, 6.45) is 14.6. The Hall–Kier alpha value is -2.66. The van der Waals surface area contributed by atoms with Crippen LogP contribution in [-0.4, -0.2) is 11.7 Å². The van der Waals surface area contributed by atoms with Gasteiger partial charge in [-0.2, -0.15) is 0 Å². The Kier molecular flexibility index (Phi) is 8.74. The van der Waals surface area contributed by atoms with Gasteiger partial charge in [-0.3, -0.25) is 9.59 Å². The maximum absolute atomic E-state index is 12.2. The third-order valence-electron chi connectivity index (χ3n) is 7.85. The fraction of sp³-hybridized carbons (Fsp3) is 0.500. The van der Waals surface area contributed by atoms with Crippen molar-refractivity contribution >= 4 is 23.1 Å². The Bertz CT molecular complexity index is 1320. The van der Waals surface area contributed by atoms with Crippen LogP contribution in [0.5, 0.6) is 5.75 Å². The van der Waals surface area contributed by atoms with E-state index in [1.54, 1.807) is 17.4 Å². The van der Waals surface area contributed by atoms with Gasteiger partial charge in [0, 0.05) is 33.1 Å². The summed E-state index contributed by atoms with van der Waals surface area (Å²) >= 11 is 1.79. The van der Waals surface area contributed by atoms with Gasteiger partial charge in [0.15, 0.2) is 5.75 Å². The molecule has 1 aromatic heterocycles. The molecule has 0 radical (unpaired) electrons. The number of allylic oxidation sites excluding steroid dienone is 1. The minimum Gasteiger partial charge on any atom is -0.504 e. The number of unbranched alkanes of at least 4 members (excludes halogenated alkanes) is 9. The summed E-state index contributed by atoms with van der Waals surface area (Å²) in [6, 6.07) is 11.0. The topological polar surface area (TPSA) is 57.6 Å². The van der Waals surface area contributed by atoms with Crippen LogP contribution < -0.4 is 15.8 Å². The number of benzene rings is 1. The maximum Gasteiger partial charge on any atom is 0.268 e. The minimum atomic E-state index is -0.781. The third-order valence-corrected chi connectivity index (χ3v) is 8.90. The lowest BCUT2D eigenvalue weighted by Gasteiger charge is -2.27. The van der Waals surface area contributed by atoms with Crippen molar-refractivity contribution in [2.45, 2.75) is 97.3 Å². The van der Waals surface area contributed by atoms with Gasteiger partial charge in [-0.25, -0.2) is 0 Å². The lowest BCUT2D eigenvalue weighted by molar-refractivity contribution is 0.461. The zero-order chi connectivity index (χ0) is 26.6. The van der Waals surface area contributed by atoms with Gasteiger partial charge in [-0.1, -0.05) is 84.6 Å². The molecular weight excluding hydrogens is 478 g/mol. The van der Waals surface area contributed by atoms with Crippen molar-refractivity contribution in [2.75, 3.05) is 11.4 Å². The Morgan fingerprint density at radius 3 is 2.14 bits per heavy atom. The average molecular weight is 520 g/mol. The zero-order valence-corrected chi connectivity index (χ0v) is 23.7. The lowest BCUT2D eigenvalue weighted by Crippen LogP contribution is -2.34. The highest BCUT2D eigenvalue weighted by Gasteiger charge is 2.41. The number of nitrogens with zero attached hydrogens (tertiary/aromatic N) is 1. The first kappa shape index (κ1) is 27.4. The van der Waals surface area contributed by atoms with Crippen molar-refractivity contribution in [3.63, 3.8) is 0 Å². The molecule has 0 amide bonds. The van der Waals surface area contributed by atoms with Gasteiger partial charge in [0.1, 0.15) is 0 Å². The van der Waals surface area contributed by atoms with Gasteiger partial charge < -0.3 is 10.0 Å². The van der Waals surface area contributed by atoms with Gasteiger partial charge in [-0.15, -0.1) is 11.3 Å². The average Bonchev–Trinajstić information content (AvgIpc) is 3.41. The number of thiophene rings is 1. The second kappa shape index (κ2) is 11.8. The van der Waals surface area contributed by atoms with Crippen LogP contribution in [0.4, 0.5) is 5.69 Å². The number of aryl methyl sites for hydroxylation is 1. The molecule has 0 saturated carbocycles. The molecule has 0 saturated heterocycles. The quantitative estimate of drug-likeness (QED) is 0.183. The summed E-state index contributed by atoms with van der Waals surface area (Å²) in [7, 11) is 0. The number of hydrogen-bond donors (Lipinski definition) is 1. The molecule has 4 nitrogen and oxygen atoms in total. The number of aromatic hydroxyl groups is 1. The molecule has 198 valence electrons. The molecule has 3 aromatic rings. The van der Waals surface area contributed by atoms with Crippen molar-refractivity contribution in [3.05, 3.63) is 72.5 Å². The summed E-state index contributed by atoms with van der Waals surface area (Å²) < 4.78 is 0. The van der Waals surface area contributed by atoms with Crippen molar-refractivity contribution in [1.82, 2.24) is 0 Å². The highest BCUT2D eigenvalue weighted by atomic mass is 32.1. The van der Waals surface area contributed by atoms with Gasteiger partial charge >= 0.3 is 0 Å². The molecule has 1 aliphatic heterocycles. The predicted molar refractivity (Wildman–Crippen MR) is 158 cm³/mol. The van der Waals surface area contributed by atoms with Gasteiger partial charge in [0.25, 0.3) is 5.43 Å². The Balaban J connectivity index is 1.51. The first-order valence-corrected chi connectivity index (χ1v) is 14.8. The monoisotopic (exact) mass is 519 g/mol. The Morgan fingerprint density at radius 2 is 1.54 bits per heavy atom. The first-order chi connectivity index (χ1) is 17.8. The predicted octanol–water partition coefficient (Wildman–Crippen LogP) is 8.08. The number of rotatable bonds is 13. The van der Waals surface area contributed by atoms with Crippen molar-refractivity contribution in [2.24, 2.45) is 0 Å². The summed E-state index contributed by atoms with van der Waals surface area (Å²) in [5, 5.41) is 10.1. The van der Waals surface area contributed by atoms with E-state index in [2.05, 4.69) is 62.9 Å². The fourth-order valence-electron chi connectivity index (χ4n) is 5.54. The molecule has 0 fully saturated rings. The largest absolute Gasteiger partial charge is 0.504 e. The van der Waals surface area contributed by atoms with Gasteiger partial charge in [0.05, 0.1) is 5.56 Å². The Labute approximate surface area is 225 Å². The van der Waals surface area contributed by atoms with Crippen LogP contribution in [0, 0.1) is 6.92 Å². The van der Waals surface area contributed by atoms with Gasteiger partial charge in [-0.05, 0) is 54.8 Å². The first-order valence-electron chi connectivity index (χ1n) is 14.0. The third kappa shape index (κ3) is 5.77. The minimum absolute atomic E-state index is 0.142. The van der Waals surface area contributed by atoms with Crippen molar-refractivity contribution in [3.8, 4) is 16.2 Å². The molecule has 2 heterocycles. The van der Waals surface area contributed by atoms with Crippen molar-refractivity contribution < 1.29 is 5.11 Å². The standard InChI is InChI=1S/C32H41NO3S/c1-5-6-7-8-9-10-11-12-13-14-19-33-26-17-16-23(27-18-15-22(2)37-27)20-25(26)32(3,4)28(33)21-24-29(34)31(36)30(24)35/h15-18,20-21,34H,5-14,19H2,1-4H3/b28-21+. The number of fused-ring (bicyclic) bond motifs is 1. The van der Waals surface area contributed by atoms with Crippen LogP contribution in [0.25, 0.3) is 16.5 Å². The van der Waals surface area contributed by atoms with Crippen LogP contribution in [0.15, 0.2) is 45.6 Å². The SMILES string of the molecule is CCCCCCCCCCCCN1/C(=C/c2c(O)c(=O)c2=O)C(C)(C)c2cc(-c3ccc(C)s3)ccc21. The number of anilines is 1. The van der Waals surface area contributed by atoms with E-state index in [0.717, 1.165) is 24.4 Å². The summed E-state index contributed by atoms with van der Waals surface area (Å²) in [6.45, 7) is 9.57. The summed E-state index contributed by atoms with van der Waals surface area (Å²) in [4.78, 5) is 28.7. The van der Waals surface area contributed by atoms with Gasteiger partial charge in [0.2, 0.25) is 5.43 Å². The summed E-state index contributed by atoms with van der Waals surface area (Å²) in [5.74, 6) is -0.405. The highest BCUT2D eigenvalue weighted by molar-refractivity contribution is 7.15. The molecule has 2 aromatic carbocycles. The normalized spacial score (nSPS) is 15.7. The molecule has 5 heteroatoms. The second-order valence-electron chi connectivity index (χ2n) is 11.1. The van der Waals surface area contributed by atoms with E-state index in [-0.39, 0.29) is 11.0 Å². The van der Waals surface area contributed by atoms with Crippen LogP contribution in [0.1, 0.15) is 101 Å². The molecule has 37 heavy (non-hydrogen) atoms. The molecule has 0 spiro atoms. The van der Waals surface area contributed by atoms with E-state index in [1.165, 1.54) is 78.7 Å². The van der Waals surface area contributed by atoms with E-state index < -0.39 is 16.6 Å². The van der Waals surface area contributed by atoms with E-state index in [0.29, 0.717) is 0 Å². The highest BCUT2D eigenvalue weighted by Crippen LogP contribution is 2.50. The van der Waals surface area contributed by atoms with E-state index >= 15 is 0 Å². The molecular formula is C32H41NO3S. The smallest absolute Gasteiger partial charge is 0.268 e. The van der Waals surface area contributed by atoms with E-state index in [1.807, 2.05) is 0 Å². The molecule has 4 rings (SSSR count). The maximum atomic E-state index is 12.2. The second-order valence-corrected chi connectivity index (χ2v) is 12.3. The van der Waals surface area contributed by atoms with Crippen LogP contribution in [0.3, 0.4) is 0 Å². The van der Waals surface area contributed by atoms with Crippen LogP contribution >= 0.6 is 11.3 Å². The summed E-state index contributed by atoms with van der Waals surface area (Å²) in [5.41, 5.74) is 2.95. The molecule has 1 aliphatic rings. The molecule has 0 unspecified atom stereocenters. The van der Waals surface area contributed by atoms with E-state index in [4.69, 9.17) is 0 Å². The lowest BCUT2D eigenvalue weighted by atomic mass is 9.82. The van der Waals surface area contributed by atoms with Crippen LogP contribution in [0.2, 0.25) is 0 Å². The molecule has 0 atom stereocenters. The van der Waals surface area contributed by atoms with Crippen molar-refractivity contribution in [1.29, 1.82) is 0 Å². The molecule has 0 bridgehead atoms. The van der Waals surface area contributed by atoms with E-state index in [9.17, 15) is 14.7 Å². The fourth-order valence-corrected chi connectivity index (χ4v) is 6.41. The number of hydrogen-bond acceptors (Lipinski definition) is 5. The Morgan fingerprint density at radius 1 is 0.892 bits per heavy atom. The molecule has 0 aliphatic carbocycles. The van der Waals surface area contributed by atoms with Crippen LogP contribution in [-0.2, 0) is 5.41 Å². The molecule has 1 N–H and O–H groups in total. The zero-order valence-electron chi connectivity index (χ0n) is 22.9.